The first-order chi connectivity index (χ1) is 11.9. The molecule has 136 valence electrons. The lowest BCUT2D eigenvalue weighted by atomic mass is 9.87. The summed E-state index contributed by atoms with van der Waals surface area (Å²) in [6.45, 7) is 2.90. The lowest BCUT2D eigenvalue weighted by Gasteiger charge is -2.41. The molecule has 1 amide bonds. The molecule has 3 aliphatic heterocycles. The van der Waals surface area contributed by atoms with Crippen molar-refractivity contribution in [3.63, 3.8) is 0 Å². The summed E-state index contributed by atoms with van der Waals surface area (Å²) in [7, 11) is 0. The number of aromatic hydroxyl groups is 1. The normalized spacial score (nSPS) is 30.4. The highest BCUT2D eigenvalue weighted by Crippen LogP contribution is 2.45. The first-order valence-corrected chi connectivity index (χ1v) is 9.54. The topological polar surface area (TPSA) is 64.0 Å². The molecule has 1 aromatic rings. The van der Waals surface area contributed by atoms with Crippen LogP contribution in [0.1, 0.15) is 30.7 Å². The van der Waals surface area contributed by atoms with Gasteiger partial charge in [0.2, 0.25) is 5.91 Å². The first-order valence-electron chi connectivity index (χ1n) is 8.79. The number of phenolic OH excluding ortho intramolecular Hbond substituents is 1. The molecule has 3 aliphatic rings. The SMILES string of the molecule is O=C1C[C@H](CN2CC(O)C2)C[C@@H]2CC(c3c(O)ccc(Cl)c3Cl)CN12. The van der Waals surface area contributed by atoms with Gasteiger partial charge in [-0.25, -0.2) is 0 Å². The Morgan fingerprint density at radius 1 is 1.16 bits per heavy atom. The second kappa shape index (κ2) is 6.62. The predicted octanol–water partition coefficient (Wildman–Crippen LogP) is 2.47. The lowest BCUT2D eigenvalue weighted by Crippen LogP contribution is -2.54. The molecule has 0 aromatic heterocycles. The fourth-order valence-corrected chi connectivity index (χ4v) is 5.11. The van der Waals surface area contributed by atoms with Gasteiger partial charge in [0.05, 0.1) is 16.1 Å². The van der Waals surface area contributed by atoms with Crippen LogP contribution in [0.5, 0.6) is 5.75 Å². The number of benzene rings is 1. The number of halogens is 2. The number of phenols is 1. The van der Waals surface area contributed by atoms with Gasteiger partial charge in [-0.05, 0) is 30.9 Å². The van der Waals surface area contributed by atoms with Crippen LogP contribution >= 0.6 is 23.2 Å². The zero-order valence-corrected chi connectivity index (χ0v) is 15.4. The number of carbonyl (C=O) groups is 1. The van der Waals surface area contributed by atoms with E-state index in [0.29, 0.717) is 47.6 Å². The number of aliphatic hydroxyl groups is 1. The minimum Gasteiger partial charge on any atom is -0.508 e. The van der Waals surface area contributed by atoms with Crippen molar-refractivity contribution in [3.8, 4) is 5.75 Å². The van der Waals surface area contributed by atoms with Gasteiger partial charge in [-0.3, -0.25) is 9.69 Å². The molecule has 0 radical (unpaired) electrons. The monoisotopic (exact) mass is 384 g/mol. The predicted molar refractivity (Wildman–Crippen MR) is 96.2 cm³/mol. The van der Waals surface area contributed by atoms with Gasteiger partial charge in [0, 0.05) is 50.1 Å². The maximum Gasteiger partial charge on any atom is 0.223 e. The smallest absolute Gasteiger partial charge is 0.223 e. The second-order valence-electron chi connectivity index (χ2n) is 7.60. The van der Waals surface area contributed by atoms with Gasteiger partial charge in [0.1, 0.15) is 5.75 Å². The molecule has 3 saturated heterocycles. The van der Waals surface area contributed by atoms with E-state index in [-0.39, 0.29) is 29.7 Å². The maximum atomic E-state index is 12.6. The lowest BCUT2D eigenvalue weighted by molar-refractivity contribution is -0.137. The van der Waals surface area contributed by atoms with E-state index in [4.69, 9.17) is 23.2 Å². The van der Waals surface area contributed by atoms with E-state index >= 15 is 0 Å². The summed E-state index contributed by atoms with van der Waals surface area (Å²) in [4.78, 5) is 16.7. The van der Waals surface area contributed by atoms with Gasteiger partial charge in [0.25, 0.3) is 0 Å². The molecule has 1 aromatic carbocycles. The quantitative estimate of drug-likeness (QED) is 0.839. The Balaban J connectivity index is 1.47. The fourth-order valence-electron chi connectivity index (χ4n) is 4.63. The fraction of sp³-hybridized carbons (Fsp3) is 0.611. The molecule has 3 atom stereocenters. The van der Waals surface area contributed by atoms with E-state index in [1.807, 2.05) is 4.90 Å². The Labute approximate surface area is 157 Å². The third kappa shape index (κ3) is 3.23. The van der Waals surface area contributed by atoms with Gasteiger partial charge < -0.3 is 15.1 Å². The van der Waals surface area contributed by atoms with Crippen LogP contribution in [0, 0.1) is 5.92 Å². The number of β-amino-alcohol motifs (C(OH)–C–C–N with tert-alkyl or cyclic N) is 1. The zero-order valence-electron chi connectivity index (χ0n) is 13.9. The molecule has 4 rings (SSSR count). The molecular formula is C18H22Cl2N2O3. The molecule has 3 heterocycles. The van der Waals surface area contributed by atoms with E-state index in [9.17, 15) is 15.0 Å². The van der Waals surface area contributed by atoms with Gasteiger partial charge in [-0.2, -0.15) is 0 Å². The van der Waals surface area contributed by atoms with E-state index in [2.05, 4.69) is 4.90 Å². The summed E-state index contributed by atoms with van der Waals surface area (Å²) in [5.74, 6) is 0.688. The molecule has 3 fully saturated rings. The highest BCUT2D eigenvalue weighted by Gasteiger charge is 2.43. The van der Waals surface area contributed by atoms with Crippen LogP contribution in [0.2, 0.25) is 10.0 Å². The summed E-state index contributed by atoms with van der Waals surface area (Å²) in [6.07, 6.45) is 2.12. The van der Waals surface area contributed by atoms with E-state index in [1.165, 1.54) is 0 Å². The van der Waals surface area contributed by atoms with Crippen LogP contribution in [0.3, 0.4) is 0 Å². The highest BCUT2D eigenvalue weighted by molar-refractivity contribution is 6.42. The maximum absolute atomic E-state index is 12.6. The standard InChI is InChI=1S/C18H22Cl2N2O3/c19-14-1-2-15(24)17(18(14)20)11-5-12-3-10(4-16(25)22(12)7-11)6-21-8-13(23)9-21/h1-2,10-13,23-24H,3-9H2/t10-,11?,12-/m1/s1. The van der Waals surface area contributed by atoms with Crippen LogP contribution in [0.15, 0.2) is 12.1 Å². The summed E-state index contributed by atoms with van der Waals surface area (Å²) in [6, 6.07) is 3.35. The summed E-state index contributed by atoms with van der Waals surface area (Å²) in [5, 5.41) is 20.5. The number of likely N-dealkylation sites (tertiary alicyclic amines) is 1. The molecule has 0 saturated carbocycles. The zero-order chi connectivity index (χ0) is 17.7. The van der Waals surface area contributed by atoms with Crippen molar-refractivity contribution in [2.45, 2.75) is 37.3 Å². The van der Waals surface area contributed by atoms with Crippen LogP contribution in [0.4, 0.5) is 0 Å². The average molecular weight is 385 g/mol. The van der Waals surface area contributed by atoms with Gasteiger partial charge in [-0.15, -0.1) is 0 Å². The molecule has 25 heavy (non-hydrogen) atoms. The van der Waals surface area contributed by atoms with Gasteiger partial charge in [-0.1, -0.05) is 23.2 Å². The largest absolute Gasteiger partial charge is 0.508 e. The number of rotatable bonds is 3. The molecule has 7 heteroatoms. The minimum atomic E-state index is -0.209. The van der Waals surface area contributed by atoms with E-state index in [1.54, 1.807) is 12.1 Å². The molecule has 1 unspecified atom stereocenters. The third-order valence-corrected chi connectivity index (χ3v) is 6.59. The molecule has 2 N–H and O–H groups in total. The number of piperidine rings is 1. The molecule has 5 nitrogen and oxygen atoms in total. The molecular weight excluding hydrogens is 363 g/mol. The van der Waals surface area contributed by atoms with Gasteiger partial charge >= 0.3 is 0 Å². The summed E-state index contributed by atoms with van der Waals surface area (Å²) < 4.78 is 0. The van der Waals surface area contributed by atoms with Crippen molar-refractivity contribution < 1.29 is 15.0 Å². The number of aliphatic hydroxyl groups excluding tert-OH is 1. The van der Waals surface area contributed by atoms with Crippen LogP contribution in [0.25, 0.3) is 0 Å². The van der Waals surface area contributed by atoms with Crippen LogP contribution in [-0.2, 0) is 4.79 Å². The van der Waals surface area contributed by atoms with Crippen molar-refractivity contribution in [1.82, 2.24) is 9.80 Å². The Hall–Kier alpha value is -1.01. The third-order valence-electron chi connectivity index (χ3n) is 5.78. The molecule has 0 bridgehead atoms. The Morgan fingerprint density at radius 3 is 2.64 bits per heavy atom. The Bertz CT molecular complexity index is 693. The van der Waals surface area contributed by atoms with Crippen LogP contribution in [-0.4, -0.2) is 64.2 Å². The molecule has 0 spiro atoms. The highest BCUT2D eigenvalue weighted by atomic mass is 35.5. The van der Waals surface area contributed by atoms with E-state index < -0.39 is 0 Å². The first kappa shape index (κ1) is 17.4. The van der Waals surface area contributed by atoms with Crippen molar-refractivity contribution in [2.24, 2.45) is 5.92 Å². The van der Waals surface area contributed by atoms with Crippen molar-refractivity contribution in [1.29, 1.82) is 0 Å². The number of nitrogens with zero attached hydrogens (tertiary/aromatic N) is 2. The Morgan fingerprint density at radius 2 is 1.92 bits per heavy atom. The summed E-state index contributed by atoms with van der Waals surface area (Å²) in [5.41, 5.74) is 0.666. The van der Waals surface area contributed by atoms with Gasteiger partial charge in [0.15, 0.2) is 0 Å². The number of amides is 1. The minimum absolute atomic E-state index is 0.0183. The van der Waals surface area contributed by atoms with Crippen molar-refractivity contribution in [2.75, 3.05) is 26.2 Å². The number of hydrogen-bond donors (Lipinski definition) is 2. The summed E-state index contributed by atoms with van der Waals surface area (Å²) >= 11 is 12.4. The number of carbonyl (C=O) groups excluding carboxylic acids is 1. The average Bonchev–Trinajstić information content (AvgIpc) is 2.94. The number of hydrogen-bond acceptors (Lipinski definition) is 4. The van der Waals surface area contributed by atoms with Crippen LogP contribution < -0.4 is 0 Å². The molecule has 0 aliphatic carbocycles. The van der Waals surface area contributed by atoms with Crippen molar-refractivity contribution in [3.05, 3.63) is 27.7 Å². The van der Waals surface area contributed by atoms with Crippen molar-refractivity contribution >= 4 is 29.1 Å². The second-order valence-corrected chi connectivity index (χ2v) is 8.39. The number of fused-ring (bicyclic) bond motifs is 1. The Kier molecular flexibility index (Phi) is 4.61. The van der Waals surface area contributed by atoms with E-state index in [0.717, 1.165) is 19.4 Å².